The van der Waals surface area contributed by atoms with Crippen LogP contribution in [0, 0.1) is 13.8 Å². The molecule has 1 aromatic heterocycles. The van der Waals surface area contributed by atoms with Crippen LogP contribution in [0.25, 0.3) is 22.6 Å². The maximum Gasteiger partial charge on any atom is 0.227 e. The molecule has 2 N–H and O–H groups in total. The van der Waals surface area contributed by atoms with Crippen molar-refractivity contribution < 1.29 is 4.42 Å². The van der Waals surface area contributed by atoms with E-state index >= 15 is 0 Å². The number of anilines is 1. The average molecular weight is 238 g/mol. The summed E-state index contributed by atoms with van der Waals surface area (Å²) in [5.41, 5.74) is 11.4. The van der Waals surface area contributed by atoms with Crippen LogP contribution in [0.4, 0.5) is 5.69 Å². The number of oxazole rings is 1. The van der Waals surface area contributed by atoms with Gasteiger partial charge in [-0.25, -0.2) is 4.98 Å². The second-order valence-electron chi connectivity index (χ2n) is 4.51. The van der Waals surface area contributed by atoms with Gasteiger partial charge in [0.15, 0.2) is 5.58 Å². The summed E-state index contributed by atoms with van der Waals surface area (Å²) in [4.78, 5) is 4.55. The van der Waals surface area contributed by atoms with E-state index in [1.807, 2.05) is 50.2 Å². The maximum absolute atomic E-state index is 5.81. The highest BCUT2D eigenvalue weighted by Crippen LogP contribution is 2.27. The average Bonchev–Trinajstić information content (AvgIpc) is 2.78. The lowest BCUT2D eigenvalue weighted by molar-refractivity contribution is 0.620. The van der Waals surface area contributed by atoms with Gasteiger partial charge in [-0.15, -0.1) is 0 Å². The van der Waals surface area contributed by atoms with Crippen molar-refractivity contribution in [1.29, 1.82) is 0 Å². The van der Waals surface area contributed by atoms with Crippen molar-refractivity contribution >= 4 is 16.8 Å². The molecule has 0 unspecified atom stereocenters. The van der Waals surface area contributed by atoms with E-state index in [-0.39, 0.29) is 0 Å². The SMILES string of the molecule is Cc1cc(-c2nc3c(C)cccc3o2)ccc1N. The molecule has 18 heavy (non-hydrogen) atoms. The van der Waals surface area contributed by atoms with E-state index in [1.54, 1.807) is 0 Å². The van der Waals surface area contributed by atoms with Crippen LogP contribution in [0.5, 0.6) is 0 Å². The molecule has 3 nitrogen and oxygen atoms in total. The summed E-state index contributed by atoms with van der Waals surface area (Å²) in [7, 11) is 0. The lowest BCUT2D eigenvalue weighted by Gasteiger charge is -2.00. The third-order valence-corrected chi connectivity index (χ3v) is 3.14. The minimum Gasteiger partial charge on any atom is -0.436 e. The predicted octanol–water partition coefficient (Wildman–Crippen LogP) is 3.69. The quantitative estimate of drug-likeness (QED) is 0.658. The first-order chi connectivity index (χ1) is 8.65. The molecule has 0 spiro atoms. The fourth-order valence-corrected chi connectivity index (χ4v) is 2.02. The van der Waals surface area contributed by atoms with Crippen LogP contribution < -0.4 is 5.73 Å². The molecule has 0 saturated carbocycles. The van der Waals surface area contributed by atoms with E-state index in [2.05, 4.69) is 4.98 Å². The summed E-state index contributed by atoms with van der Waals surface area (Å²) >= 11 is 0. The Balaban J connectivity index is 2.19. The van der Waals surface area contributed by atoms with Crippen LogP contribution in [0.2, 0.25) is 0 Å². The highest BCUT2D eigenvalue weighted by atomic mass is 16.3. The first-order valence-corrected chi connectivity index (χ1v) is 5.88. The predicted molar refractivity (Wildman–Crippen MR) is 73.3 cm³/mol. The molecular weight excluding hydrogens is 224 g/mol. The van der Waals surface area contributed by atoms with E-state index in [4.69, 9.17) is 10.2 Å². The first kappa shape index (κ1) is 10.8. The van der Waals surface area contributed by atoms with Crippen molar-refractivity contribution in [2.75, 3.05) is 5.73 Å². The summed E-state index contributed by atoms with van der Waals surface area (Å²) in [6.07, 6.45) is 0. The summed E-state index contributed by atoms with van der Waals surface area (Å²) in [5, 5.41) is 0. The molecule has 0 bridgehead atoms. The van der Waals surface area contributed by atoms with Crippen molar-refractivity contribution in [2.24, 2.45) is 0 Å². The minimum atomic E-state index is 0.641. The number of hydrogen-bond acceptors (Lipinski definition) is 3. The van der Waals surface area contributed by atoms with E-state index in [0.717, 1.165) is 33.5 Å². The van der Waals surface area contributed by atoms with Crippen molar-refractivity contribution in [3.05, 3.63) is 47.5 Å². The Labute approximate surface area is 105 Å². The van der Waals surface area contributed by atoms with Gasteiger partial charge < -0.3 is 10.2 Å². The number of rotatable bonds is 1. The normalized spacial score (nSPS) is 11.0. The molecule has 0 fully saturated rings. The molecule has 3 heteroatoms. The summed E-state index contributed by atoms with van der Waals surface area (Å²) in [5.74, 6) is 0.641. The Hall–Kier alpha value is -2.29. The van der Waals surface area contributed by atoms with Gasteiger partial charge in [-0.1, -0.05) is 12.1 Å². The monoisotopic (exact) mass is 238 g/mol. The van der Waals surface area contributed by atoms with Crippen molar-refractivity contribution in [2.45, 2.75) is 13.8 Å². The largest absolute Gasteiger partial charge is 0.436 e. The Kier molecular flexibility index (Phi) is 2.33. The van der Waals surface area contributed by atoms with Crippen LogP contribution in [0.15, 0.2) is 40.8 Å². The molecule has 0 aliphatic heterocycles. The van der Waals surface area contributed by atoms with Crippen molar-refractivity contribution in [1.82, 2.24) is 4.98 Å². The van der Waals surface area contributed by atoms with Gasteiger partial charge in [0.1, 0.15) is 5.52 Å². The van der Waals surface area contributed by atoms with E-state index < -0.39 is 0 Å². The lowest BCUT2D eigenvalue weighted by atomic mass is 10.1. The van der Waals surface area contributed by atoms with Gasteiger partial charge in [0.25, 0.3) is 0 Å². The number of nitrogens with two attached hydrogens (primary N) is 1. The number of benzene rings is 2. The molecule has 0 amide bonds. The van der Waals surface area contributed by atoms with Gasteiger partial charge in [-0.2, -0.15) is 0 Å². The zero-order valence-corrected chi connectivity index (χ0v) is 10.4. The highest BCUT2D eigenvalue weighted by Gasteiger charge is 2.10. The molecule has 90 valence electrons. The van der Waals surface area contributed by atoms with Crippen LogP contribution in [-0.2, 0) is 0 Å². The third-order valence-electron chi connectivity index (χ3n) is 3.14. The van der Waals surface area contributed by atoms with Crippen molar-refractivity contribution in [3.8, 4) is 11.5 Å². The molecule has 0 aliphatic rings. The molecule has 3 aromatic rings. The van der Waals surface area contributed by atoms with Crippen molar-refractivity contribution in [3.63, 3.8) is 0 Å². The van der Waals surface area contributed by atoms with Gasteiger partial charge in [-0.3, -0.25) is 0 Å². The van der Waals surface area contributed by atoms with E-state index in [9.17, 15) is 0 Å². The smallest absolute Gasteiger partial charge is 0.227 e. The Bertz CT molecular complexity index is 728. The molecular formula is C15H14N2O. The lowest BCUT2D eigenvalue weighted by Crippen LogP contribution is -1.89. The number of nitrogens with zero attached hydrogens (tertiary/aromatic N) is 1. The number of fused-ring (bicyclic) bond motifs is 1. The maximum atomic E-state index is 5.81. The zero-order chi connectivity index (χ0) is 12.7. The Morgan fingerprint density at radius 2 is 1.89 bits per heavy atom. The Morgan fingerprint density at radius 1 is 1.06 bits per heavy atom. The number of aryl methyl sites for hydroxylation is 2. The summed E-state index contributed by atoms with van der Waals surface area (Å²) < 4.78 is 5.78. The second kappa shape index (κ2) is 3.88. The van der Waals surface area contributed by atoms with Gasteiger partial charge in [0.05, 0.1) is 0 Å². The minimum absolute atomic E-state index is 0.641. The van der Waals surface area contributed by atoms with Crippen LogP contribution in [0.1, 0.15) is 11.1 Å². The number of para-hydroxylation sites is 1. The second-order valence-corrected chi connectivity index (χ2v) is 4.51. The van der Waals surface area contributed by atoms with Crippen LogP contribution >= 0.6 is 0 Å². The van der Waals surface area contributed by atoms with E-state index in [1.165, 1.54) is 0 Å². The van der Waals surface area contributed by atoms with Crippen LogP contribution in [0.3, 0.4) is 0 Å². The topological polar surface area (TPSA) is 52.0 Å². The molecule has 2 aromatic carbocycles. The van der Waals surface area contributed by atoms with Crippen LogP contribution in [-0.4, -0.2) is 4.98 Å². The van der Waals surface area contributed by atoms with Gasteiger partial charge in [0, 0.05) is 11.3 Å². The zero-order valence-electron chi connectivity index (χ0n) is 10.4. The Morgan fingerprint density at radius 3 is 2.61 bits per heavy atom. The highest BCUT2D eigenvalue weighted by molar-refractivity contribution is 5.79. The molecule has 0 atom stereocenters. The molecule has 0 radical (unpaired) electrons. The van der Waals surface area contributed by atoms with E-state index in [0.29, 0.717) is 5.89 Å². The fourth-order valence-electron chi connectivity index (χ4n) is 2.02. The number of aromatic nitrogens is 1. The summed E-state index contributed by atoms with van der Waals surface area (Å²) in [6.45, 7) is 4.01. The van der Waals surface area contributed by atoms with Gasteiger partial charge in [-0.05, 0) is 49.2 Å². The van der Waals surface area contributed by atoms with Gasteiger partial charge >= 0.3 is 0 Å². The standard InChI is InChI=1S/C15H14N2O/c1-9-4-3-5-13-14(9)17-15(18-13)11-6-7-12(16)10(2)8-11/h3-8H,16H2,1-2H3. The number of hydrogen-bond donors (Lipinski definition) is 1. The molecule has 0 saturated heterocycles. The molecule has 1 heterocycles. The number of nitrogen functional groups attached to an aromatic ring is 1. The molecule has 3 rings (SSSR count). The van der Waals surface area contributed by atoms with Gasteiger partial charge in [0.2, 0.25) is 5.89 Å². The first-order valence-electron chi connectivity index (χ1n) is 5.88. The summed E-state index contributed by atoms with van der Waals surface area (Å²) in [6, 6.07) is 11.7. The fraction of sp³-hybridized carbons (Fsp3) is 0.133. The third kappa shape index (κ3) is 1.64. The molecule has 0 aliphatic carbocycles.